The highest BCUT2D eigenvalue weighted by Crippen LogP contribution is 2.23. The van der Waals surface area contributed by atoms with Crippen molar-refractivity contribution in [1.82, 2.24) is 20.4 Å². The van der Waals surface area contributed by atoms with Gasteiger partial charge in [0.25, 0.3) is 0 Å². The molecule has 1 aromatic heterocycles. The van der Waals surface area contributed by atoms with Crippen LogP contribution in [0.4, 0.5) is 0 Å². The van der Waals surface area contributed by atoms with Crippen molar-refractivity contribution in [3.8, 4) is 0 Å². The third-order valence-electron chi connectivity index (χ3n) is 6.85. The quantitative estimate of drug-likeness (QED) is 0.419. The van der Waals surface area contributed by atoms with Crippen molar-refractivity contribution in [3.05, 3.63) is 23.7 Å². The predicted molar refractivity (Wildman–Crippen MR) is 128 cm³/mol. The van der Waals surface area contributed by atoms with E-state index in [9.17, 15) is 0 Å². The summed E-state index contributed by atoms with van der Waals surface area (Å²) in [6.45, 7) is 15.2. The van der Waals surface area contributed by atoms with Crippen molar-refractivity contribution in [3.63, 3.8) is 0 Å². The predicted octanol–water partition coefficient (Wildman–Crippen LogP) is 2.26. The van der Waals surface area contributed by atoms with Crippen molar-refractivity contribution >= 4 is 5.96 Å². The molecule has 2 fully saturated rings. The Hall–Kier alpha value is -1.61. The second-order valence-electron chi connectivity index (χ2n) is 8.74. The maximum atomic E-state index is 6.00. The van der Waals surface area contributed by atoms with Crippen LogP contribution in [-0.4, -0.2) is 94.5 Å². The standard InChI is InChI=1S/C24H43N5O3/c1-5-20(6-2)21(28-9-13-30-14-10-28)17-26-24(25-4)27-18-22(23-8-7-19(3)32-23)29-11-15-31-16-12-29/h7-8,20-22H,5-6,9-18H2,1-4H3,(H2,25,26,27). The van der Waals surface area contributed by atoms with Crippen molar-refractivity contribution in [2.45, 2.75) is 45.7 Å². The van der Waals surface area contributed by atoms with Crippen LogP contribution in [-0.2, 0) is 9.47 Å². The van der Waals surface area contributed by atoms with Gasteiger partial charge in [-0.05, 0) is 25.0 Å². The van der Waals surface area contributed by atoms with Crippen molar-refractivity contribution in [2.24, 2.45) is 10.9 Å². The maximum Gasteiger partial charge on any atom is 0.191 e. The van der Waals surface area contributed by atoms with Gasteiger partial charge >= 0.3 is 0 Å². The fraction of sp³-hybridized carbons (Fsp3) is 0.792. The van der Waals surface area contributed by atoms with Crippen LogP contribution >= 0.6 is 0 Å². The number of nitrogens with zero attached hydrogens (tertiary/aromatic N) is 3. The molecule has 0 aromatic carbocycles. The molecule has 2 aliphatic rings. The van der Waals surface area contributed by atoms with Crippen LogP contribution in [0.3, 0.4) is 0 Å². The minimum absolute atomic E-state index is 0.153. The van der Waals surface area contributed by atoms with Crippen LogP contribution in [0, 0.1) is 12.8 Å². The largest absolute Gasteiger partial charge is 0.465 e. The first-order valence-corrected chi connectivity index (χ1v) is 12.3. The molecule has 3 rings (SSSR count). The van der Waals surface area contributed by atoms with Crippen LogP contribution in [0.25, 0.3) is 0 Å². The van der Waals surface area contributed by atoms with E-state index in [1.165, 1.54) is 12.8 Å². The molecule has 0 aliphatic carbocycles. The molecule has 182 valence electrons. The van der Waals surface area contributed by atoms with E-state index in [0.717, 1.165) is 83.2 Å². The molecule has 8 heteroatoms. The molecular weight excluding hydrogens is 406 g/mol. The Balaban J connectivity index is 1.60. The number of rotatable bonds is 10. The molecule has 1 aromatic rings. The van der Waals surface area contributed by atoms with Crippen molar-refractivity contribution in [1.29, 1.82) is 0 Å². The number of hydrogen-bond donors (Lipinski definition) is 2. The van der Waals surface area contributed by atoms with E-state index < -0.39 is 0 Å². The Morgan fingerprint density at radius 3 is 2.06 bits per heavy atom. The highest BCUT2D eigenvalue weighted by Gasteiger charge is 2.28. The van der Waals surface area contributed by atoms with Crippen LogP contribution in [0.2, 0.25) is 0 Å². The van der Waals surface area contributed by atoms with E-state index in [1.807, 2.05) is 20.0 Å². The molecule has 2 atom stereocenters. The summed E-state index contributed by atoms with van der Waals surface area (Å²) in [5.41, 5.74) is 0. The molecule has 0 amide bonds. The molecule has 0 radical (unpaired) electrons. The number of nitrogens with one attached hydrogen (secondary N) is 2. The molecule has 0 bridgehead atoms. The fourth-order valence-corrected chi connectivity index (χ4v) is 4.88. The van der Waals surface area contributed by atoms with Gasteiger partial charge in [-0.25, -0.2) is 0 Å². The molecular formula is C24H43N5O3. The Kier molecular flexibility index (Phi) is 10.3. The van der Waals surface area contributed by atoms with Gasteiger partial charge in [-0.2, -0.15) is 0 Å². The van der Waals surface area contributed by atoms with Gasteiger partial charge in [0.15, 0.2) is 5.96 Å². The van der Waals surface area contributed by atoms with Gasteiger partial charge in [0.05, 0.1) is 32.5 Å². The zero-order chi connectivity index (χ0) is 22.8. The van der Waals surface area contributed by atoms with E-state index in [1.54, 1.807) is 0 Å². The molecule has 0 saturated carbocycles. The lowest BCUT2D eigenvalue weighted by Crippen LogP contribution is -2.54. The third-order valence-corrected chi connectivity index (χ3v) is 6.85. The average molecular weight is 450 g/mol. The van der Waals surface area contributed by atoms with Crippen molar-refractivity contribution in [2.75, 3.05) is 72.7 Å². The summed E-state index contributed by atoms with van der Waals surface area (Å²) < 4.78 is 17.2. The number of ether oxygens (including phenoxy) is 2. The topological polar surface area (TPSA) is 74.5 Å². The summed E-state index contributed by atoms with van der Waals surface area (Å²) in [6.07, 6.45) is 2.37. The summed E-state index contributed by atoms with van der Waals surface area (Å²) >= 11 is 0. The zero-order valence-corrected chi connectivity index (χ0v) is 20.4. The zero-order valence-electron chi connectivity index (χ0n) is 20.4. The number of morpholine rings is 2. The van der Waals surface area contributed by atoms with E-state index in [-0.39, 0.29) is 6.04 Å². The van der Waals surface area contributed by atoms with E-state index in [0.29, 0.717) is 12.0 Å². The average Bonchev–Trinajstić information content (AvgIpc) is 3.27. The van der Waals surface area contributed by atoms with Gasteiger partial charge in [-0.1, -0.05) is 26.7 Å². The van der Waals surface area contributed by atoms with Gasteiger partial charge in [0.2, 0.25) is 0 Å². The van der Waals surface area contributed by atoms with E-state index in [2.05, 4.69) is 45.3 Å². The highest BCUT2D eigenvalue weighted by molar-refractivity contribution is 5.79. The van der Waals surface area contributed by atoms with E-state index in [4.69, 9.17) is 13.9 Å². The lowest BCUT2D eigenvalue weighted by atomic mass is 9.92. The summed E-state index contributed by atoms with van der Waals surface area (Å²) in [5.74, 6) is 3.44. The summed E-state index contributed by atoms with van der Waals surface area (Å²) in [5, 5.41) is 7.17. The Morgan fingerprint density at radius 2 is 1.53 bits per heavy atom. The van der Waals surface area contributed by atoms with Gasteiger partial charge in [-0.15, -0.1) is 0 Å². The SMILES string of the molecule is CCC(CC)C(CNC(=NC)NCC(c1ccc(C)o1)N1CCOCC1)N1CCOCC1. The minimum Gasteiger partial charge on any atom is -0.465 e. The van der Waals surface area contributed by atoms with E-state index >= 15 is 0 Å². The fourth-order valence-electron chi connectivity index (χ4n) is 4.88. The second-order valence-corrected chi connectivity index (χ2v) is 8.74. The van der Waals surface area contributed by atoms with Crippen LogP contribution < -0.4 is 10.6 Å². The van der Waals surface area contributed by atoms with Crippen LogP contribution in [0.5, 0.6) is 0 Å². The van der Waals surface area contributed by atoms with Gasteiger partial charge in [0, 0.05) is 52.4 Å². The van der Waals surface area contributed by atoms with Crippen molar-refractivity contribution < 1.29 is 13.9 Å². The lowest BCUT2D eigenvalue weighted by Gasteiger charge is -2.39. The number of furan rings is 1. The molecule has 2 aliphatic heterocycles. The maximum absolute atomic E-state index is 6.00. The Morgan fingerprint density at radius 1 is 0.938 bits per heavy atom. The summed E-state index contributed by atoms with van der Waals surface area (Å²) in [7, 11) is 1.84. The monoisotopic (exact) mass is 449 g/mol. The lowest BCUT2D eigenvalue weighted by molar-refractivity contribution is 0.00266. The smallest absolute Gasteiger partial charge is 0.191 e. The number of hydrogen-bond acceptors (Lipinski definition) is 6. The van der Waals surface area contributed by atoms with Crippen LogP contribution in [0.15, 0.2) is 21.5 Å². The molecule has 3 heterocycles. The third kappa shape index (κ3) is 6.94. The molecule has 8 nitrogen and oxygen atoms in total. The normalized spacial score (nSPS) is 21.0. The number of guanidine groups is 1. The summed E-state index contributed by atoms with van der Waals surface area (Å²) in [4.78, 5) is 9.53. The Labute approximate surface area is 193 Å². The minimum atomic E-state index is 0.153. The van der Waals surface area contributed by atoms with Gasteiger partial charge in [-0.3, -0.25) is 14.8 Å². The summed E-state index contributed by atoms with van der Waals surface area (Å²) in [6, 6.07) is 4.77. The molecule has 2 saturated heterocycles. The van der Waals surface area contributed by atoms with Gasteiger partial charge in [0.1, 0.15) is 11.5 Å². The molecule has 32 heavy (non-hydrogen) atoms. The first kappa shape index (κ1) is 25.0. The first-order chi connectivity index (χ1) is 15.7. The number of aliphatic imine (C=N–C) groups is 1. The molecule has 2 N–H and O–H groups in total. The van der Waals surface area contributed by atoms with Gasteiger partial charge < -0.3 is 24.5 Å². The number of aryl methyl sites for hydroxylation is 1. The first-order valence-electron chi connectivity index (χ1n) is 12.3. The highest BCUT2D eigenvalue weighted by atomic mass is 16.5. The van der Waals surface area contributed by atoms with Crippen LogP contribution in [0.1, 0.15) is 44.3 Å². The molecule has 0 spiro atoms. The second kappa shape index (κ2) is 13.2. The Bertz CT molecular complexity index is 679. The molecule has 2 unspecified atom stereocenters.